The Kier molecular flexibility index (Phi) is 30.9. The topological polar surface area (TPSA) is 75.6 Å². The van der Waals surface area contributed by atoms with E-state index in [1.54, 1.807) is 0 Å². The first-order valence-corrected chi connectivity index (χ1v) is 14.2. The summed E-state index contributed by atoms with van der Waals surface area (Å²) >= 11 is 4.51. The number of carbonyl (C=O) groups excluding carboxylic acids is 1. The minimum atomic E-state index is -0.935. The molecule has 1 aromatic rings. The number of carboxylic acid groups (broad SMARTS) is 1. The Morgan fingerprint density at radius 2 is 1.47 bits per heavy atom. The Bertz CT molecular complexity index is 715. The van der Waals surface area contributed by atoms with Crippen LogP contribution in [0.15, 0.2) is 61.7 Å². The predicted octanol–water partition coefficient (Wildman–Crippen LogP) is 8.88. The van der Waals surface area contributed by atoms with Crippen molar-refractivity contribution in [1.82, 2.24) is 5.32 Å². The van der Waals surface area contributed by atoms with E-state index in [-0.39, 0.29) is 23.0 Å². The van der Waals surface area contributed by atoms with E-state index >= 15 is 0 Å². The van der Waals surface area contributed by atoms with Gasteiger partial charge in [-0.25, -0.2) is 4.79 Å². The second-order valence-corrected chi connectivity index (χ2v) is 10.7. The summed E-state index contributed by atoms with van der Waals surface area (Å²) in [6.45, 7) is 21.3. The highest BCUT2D eigenvalue weighted by Gasteiger charge is 2.09. The van der Waals surface area contributed by atoms with E-state index in [2.05, 4.69) is 65.4 Å². The number of unbranched alkanes of at least 4 members (excludes halogenated alkanes) is 7. The van der Waals surface area contributed by atoms with Crippen LogP contribution in [0.2, 0.25) is 0 Å². The fraction of sp³-hybridized carbons (Fsp3) is 0.562. The highest BCUT2D eigenvalue weighted by atomic mass is 32.1. The second-order valence-electron chi connectivity index (χ2n) is 9.54. The second kappa shape index (κ2) is 29.2. The zero-order valence-corrected chi connectivity index (χ0v) is 25.7. The fourth-order valence-electron chi connectivity index (χ4n) is 2.62. The zero-order chi connectivity index (χ0) is 29.7. The third kappa shape index (κ3) is 38.2. The molecule has 0 unspecified atom stereocenters. The molecular weight excluding hydrogens is 494 g/mol. The van der Waals surface area contributed by atoms with Crippen LogP contribution in [0.5, 0.6) is 0 Å². The molecule has 1 amide bonds. The molecular formula is C32H55NO4S. The normalized spacial score (nSPS) is 9.74. The number of carboxylic acids is 1. The fourth-order valence-corrected chi connectivity index (χ4v) is 2.77. The maximum atomic E-state index is 10.5. The molecule has 0 heterocycles. The summed E-state index contributed by atoms with van der Waals surface area (Å²) in [5.74, 6) is -1.13. The lowest BCUT2D eigenvalue weighted by Crippen LogP contribution is -2.23. The smallest absolute Gasteiger partial charge is 0.330 e. The van der Waals surface area contributed by atoms with Crippen molar-refractivity contribution in [3.8, 4) is 0 Å². The number of hydrogen-bond acceptors (Lipinski definition) is 4. The molecule has 0 aromatic heterocycles. The molecule has 0 saturated heterocycles. The Balaban J connectivity index is -0.000000446. The molecule has 0 aliphatic carbocycles. The van der Waals surface area contributed by atoms with Crippen LogP contribution in [0.25, 0.3) is 6.08 Å². The first kappa shape index (κ1) is 40.2. The van der Waals surface area contributed by atoms with Crippen molar-refractivity contribution >= 4 is 30.6 Å². The SMILES string of the molecule is C=C(C)C(=O)O.C=CC(=O)NCOCCCC.C=Cc1ccccc1.CCCCCCCCCC(C)(C)S. The number of nitrogens with one attached hydrogen (secondary N) is 1. The molecule has 1 rings (SSSR count). The Labute approximate surface area is 239 Å². The van der Waals surface area contributed by atoms with Gasteiger partial charge in [0.15, 0.2) is 0 Å². The van der Waals surface area contributed by atoms with Gasteiger partial charge in [0.2, 0.25) is 5.91 Å². The molecule has 0 radical (unpaired) electrons. The van der Waals surface area contributed by atoms with Crippen LogP contribution >= 0.6 is 12.6 Å². The molecule has 0 atom stereocenters. The summed E-state index contributed by atoms with van der Waals surface area (Å²) in [6, 6.07) is 10.0. The third-order valence-electron chi connectivity index (χ3n) is 4.97. The van der Waals surface area contributed by atoms with Crippen molar-refractivity contribution in [3.63, 3.8) is 0 Å². The van der Waals surface area contributed by atoms with Crippen molar-refractivity contribution < 1.29 is 19.4 Å². The molecule has 0 aliphatic heterocycles. The lowest BCUT2D eigenvalue weighted by molar-refractivity contribution is -0.132. The molecule has 1 aromatic carbocycles. The average Bonchev–Trinajstić information content (AvgIpc) is 2.88. The number of thiol groups is 1. The lowest BCUT2D eigenvalue weighted by atomic mass is 10.0. The van der Waals surface area contributed by atoms with Crippen molar-refractivity contribution in [1.29, 1.82) is 0 Å². The van der Waals surface area contributed by atoms with E-state index < -0.39 is 5.97 Å². The van der Waals surface area contributed by atoms with E-state index in [4.69, 9.17) is 9.84 Å². The van der Waals surface area contributed by atoms with Gasteiger partial charge in [-0.3, -0.25) is 4.79 Å². The van der Waals surface area contributed by atoms with Gasteiger partial charge in [0.25, 0.3) is 0 Å². The molecule has 6 heteroatoms. The number of carbonyl (C=O) groups is 2. The van der Waals surface area contributed by atoms with Crippen molar-refractivity contribution in [2.75, 3.05) is 13.3 Å². The Hall–Kier alpha value is -2.31. The van der Waals surface area contributed by atoms with Crippen molar-refractivity contribution in [2.45, 2.75) is 104 Å². The quantitative estimate of drug-likeness (QED) is 0.0833. The summed E-state index contributed by atoms with van der Waals surface area (Å²) in [4.78, 5) is 20.1. The molecule has 0 saturated carbocycles. The highest BCUT2D eigenvalue weighted by Crippen LogP contribution is 2.21. The lowest BCUT2D eigenvalue weighted by Gasteiger charge is -2.16. The number of ether oxygens (including phenoxy) is 1. The summed E-state index contributed by atoms with van der Waals surface area (Å²) in [6.07, 6.45) is 16.2. The van der Waals surface area contributed by atoms with Crippen LogP contribution in [-0.2, 0) is 14.3 Å². The third-order valence-corrected chi connectivity index (χ3v) is 5.19. The van der Waals surface area contributed by atoms with Gasteiger partial charge in [-0.15, -0.1) is 0 Å². The van der Waals surface area contributed by atoms with E-state index in [0.717, 1.165) is 12.8 Å². The van der Waals surface area contributed by atoms with Crippen LogP contribution < -0.4 is 5.32 Å². The van der Waals surface area contributed by atoms with E-state index in [9.17, 15) is 9.59 Å². The van der Waals surface area contributed by atoms with Crippen LogP contribution in [0, 0.1) is 0 Å². The van der Waals surface area contributed by atoms with Gasteiger partial charge in [0.1, 0.15) is 6.73 Å². The summed E-state index contributed by atoms with van der Waals surface area (Å²) in [7, 11) is 0. The summed E-state index contributed by atoms with van der Waals surface area (Å²) < 4.78 is 5.31. The van der Waals surface area contributed by atoms with E-state index in [0.29, 0.717) is 6.61 Å². The van der Waals surface area contributed by atoms with Crippen LogP contribution in [0.3, 0.4) is 0 Å². The van der Waals surface area contributed by atoms with E-state index in [1.165, 1.54) is 69.9 Å². The maximum Gasteiger partial charge on any atom is 0.330 e. The van der Waals surface area contributed by atoms with Gasteiger partial charge < -0.3 is 15.2 Å². The van der Waals surface area contributed by atoms with Gasteiger partial charge >= 0.3 is 5.97 Å². The Morgan fingerprint density at radius 1 is 0.974 bits per heavy atom. The molecule has 218 valence electrons. The molecule has 5 nitrogen and oxygen atoms in total. The number of aliphatic carboxylic acids is 1. The maximum absolute atomic E-state index is 10.5. The number of hydrogen-bond donors (Lipinski definition) is 3. The van der Waals surface area contributed by atoms with Crippen LogP contribution in [0.4, 0.5) is 0 Å². The number of amides is 1. The minimum absolute atomic E-state index is 0.176. The average molecular weight is 550 g/mol. The standard InChI is InChI=1S/C12H26S.C8H15NO2.C8H8.C4H6O2/c1-4-5-6-7-8-9-10-11-12(2,3)13;1-3-5-6-11-7-9-8(10)4-2;1-2-8-6-4-3-5-7-8;1-3(2)4(5)6/h13H,4-11H2,1-3H3;4H,2-3,5-7H2,1H3,(H,9,10);2-7H,1H2;1H2,2H3,(H,5,6). The first-order valence-electron chi connectivity index (χ1n) is 13.7. The first-order chi connectivity index (χ1) is 17.9. The van der Waals surface area contributed by atoms with Crippen molar-refractivity contribution in [3.05, 3.63) is 67.3 Å². The Morgan fingerprint density at radius 3 is 1.87 bits per heavy atom. The van der Waals surface area contributed by atoms with Gasteiger partial charge in [-0.05, 0) is 31.4 Å². The predicted molar refractivity (Wildman–Crippen MR) is 169 cm³/mol. The monoisotopic (exact) mass is 549 g/mol. The molecule has 38 heavy (non-hydrogen) atoms. The number of benzene rings is 1. The molecule has 2 N–H and O–H groups in total. The van der Waals surface area contributed by atoms with E-state index in [1.807, 2.05) is 36.4 Å². The summed E-state index contributed by atoms with van der Waals surface area (Å²) in [5.41, 5.74) is 1.35. The van der Waals surface area contributed by atoms with Gasteiger partial charge in [0.05, 0.1) is 0 Å². The van der Waals surface area contributed by atoms with Gasteiger partial charge in [0, 0.05) is 16.9 Å². The molecule has 0 aliphatic rings. The summed E-state index contributed by atoms with van der Waals surface area (Å²) in [5, 5.41) is 10.4. The zero-order valence-electron chi connectivity index (χ0n) is 24.8. The van der Waals surface area contributed by atoms with Gasteiger partial charge in [-0.2, -0.15) is 12.6 Å². The largest absolute Gasteiger partial charge is 0.478 e. The molecule has 0 fully saturated rings. The van der Waals surface area contributed by atoms with Gasteiger partial charge in [-0.1, -0.05) is 135 Å². The molecule has 0 bridgehead atoms. The molecule has 0 spiro atoms. The minimum Gasteiger partial charge on any atom is -0.478 e. The highest BCUT2D eigenvalue weighted by molar-refractivity contribution is 7.81. The number of rotatable bonds is 16. The van der Waals surface area contributed by atoms with Crippen molar-refractivity contribution in [2.24, 2.45) is 0 Å². The van der Waals surface area contributed by atoms with Crippen LogP contribution in [0.1, 0.15) is 104 Å². The van der Waals surface area contributed by atoms with Crippen LogP contribution in [-0.4, -0.2) is 35.1 Å².